The summed E-state index contributed by atoms with van der Waals surface area (Å²) in [4.78, 5) is 22.3. The second-order valence-electron chi connectivity index (χ2n) is 5.19. The number of amides is 1. The van der Waals surface area contributed by atoms with E-state index in [9.17, 15) is 14.9 Å². The van der Waals surface area contributed by atoms with Crippen LogP contribution in [0.1, 0.15) is 39.3 Å². The maximum atomic E-state index is 11.6. The maximum absolute atomic E-state index is 11.6. The summed E-state index contributed by atoms with van der Waals surface area (Å²) in [6.45, 7) is 7.34. The van der Waals surface area contributed by atoms with E-state index in [0.29, 0.717) is 5.69 Å². The van der Waals surface area contributed by atoms with Crippen LogP contribution >= 0.6 is 0 Å². The van der Waals surface area contributed by atoms with Crippen molar-refractivity contribution in [1.82, 2.24) is 15.1 Å². The fourth-order valence-electron chi connectivity index (χ4n) is 1.84. The molecule has 0 aliphatic heterocycles. The lowest BCUT2D eigenvalue weighted by molar-refractivity contribution is -0.384. The molecule has 1 rings (SSSR count). The molecule has 8 nitrogen and oxygen atoms in total. The Labute approximate surface area is 117 Å². The van der Waals surface area contributed by atoms with Crippen molar-refractivity contribution < 1.29 is 9.72 Å². The van der Waals surface area contributed by atoms with Gasteiger partial charge < -0.3 is 10.6 Å². The van der Waals surface area contributed by atoms with Crippen LogP contribution < -0.4 is 10.6 Å². The fraction of sp³-hybridized carbons (Fsp3) is 0.667. The van der Waals surface area contributed by atoms with Gasteiger partial charge in [0.05, 0.1) is 11.5 Å². The highest BCUT2D eigenvalue weighted by molar-refractivity contribution is 5.81. The summed E-state index contributed by atoms with van der Waals surface area (Å²) in [7, 11) is 1.61. The lowest BCUT2D eigenvalue weighted by Gasteiger charge is -2.09. The van der Waals surface area contributed by atoms with Crippen molar-refractivity contribution >= 4 is 17.4 Å². The minimum absolute atomic E-state index is 0.0250. The fourth-order valence-corrected chi connectivity index (χ4v) is 1.84. The highest BCUT2D eigenvalue weighted by Gasteiger charge is 2.28. The van der Waals surface area contributed by atoms with Gasteiger partial charge in [0.2, 0.25) is 11.7 Å². The minimum atomic E-state index is -0.467. The number of nitro groups is 1. The van der Waals surface area contributed by atoms with Crippen molar-refractivity contribution in [3.63, 3.8) is 0 Å². The molecular weight excluding hydrogens is 262 g/mol. The van der Waals surface area contributed by atoms with Gasteiger partial charge in [-0.15, -0.1) is 0 Å². The number of aryl methyl sites for hydroxylation is 1. The standard InChI is InChI=1S/C12H21N5O3/c1-7(2)10-11(17(19)20)12(16(5)15-10)13-6-9(18)14-8(3)4/h7-8,13H,6H2,1-5H3,(H,14,18). The van der Waals surface area contributed by atoms with Crippen molar-refractivity contribution in [2.75, 3.05) is 11.9 Å². The minimum Gasteiger partial charge on any atom is -0.355 e. The Hall–Kier alpha value is -2.12. The Morgan fingerprint density at radius 1 is 1.40 bits per heavy atom. The Kier molecular flexibility index (Phi) is 5.06. The zero-order valence-electron chi connectivity index (χ0n) is 12.4. The predicted octanol–water partition coefficient (Wildman–Crippen LogP) is 1.39. The summed E-state index contributed by atoms with van der Waals surface area (Å²) in [5.74, 6) is -0.0409. The first kappa shape index (κ1) is 15.9. The van der Waals surface area contributed by atoms with Crippen LogP contribution in [0.25, 0.3) is 0 Å². The van der Waals surface area contributed by atoms with E-state index in [1.54, 1.807) is 7.05 Å². The van der Waals surface area contributed by atoms with Crippen LogP contribution in [0.15, 0.2) is 0 Å². The van der Waals surface area contributed by atoms with E-state index in [4.69, 9.17) is 0 Å². The second-order valence-corrected chi connectivity index (χ2v) is 5.19. The molecule has 0 aliphatic rings. The van der Waals surface area contributed by atoms with Gasteiger partial charge in [-0.3, -0.25) is 14.9 Å². The van der Waals surface area contributed by atoms with Crippen LogP contribution in [-0.4, -0.2) is 33.2 Å². The molecule has 1 aromatic rings. The molecule has 0 saturated heterocycles. The number of anilines is 1. The lowest BCUT2D eigenvalue weighted by Crippen LogP contribution is -2.35. The van der Waals surface area contributed by atoms with Gasteiger partial charge in [0.25, 0.3) is 0 Å². The van der Waals surface area contributed by atoms with E-state index in [1.165, 1.54) is 4.68 Å². The average Bonchev–Trinajstić information content (AvgIpc) is 2.63. The lowest BCUT2D eigenvalue weighted by atomic mass is 10.1. The molecule has 8 heteroatoms. The first-order chi connectivity index (χ1) is 9.23. The monoisotopic (exact) mass is 283 g/mol. The van der Waals surface area contributed by atoms with Crippen LogP contribution in [0, 0.1) is 10.1 Å². The third-order valence-corrected chi connectivity index (χ3v) is 2.64. The van der Waals surface area contributed by atoms with Crippen molar-refractivity contribution in [3.05, 3.63) is 15.8 Å². The smallest absolute Gasteiger partial charge is 0.334 e. The number of hydrogen-bond acceptors (Lipinski definition) is 5. The summed E-state index contributed by atoms with van der Waals surface area (Å²) in [5, 5.41) is 20.8. The molecule has 1 heterocycles. The predicted molar refractivity (Wildman–Crippen MR) is 75.7 cm³/mol. The Morgan fingerprint density at radius 2 is 2.00 bits per heavy atom. The number of rotatable bonds is 6. The maximum Gasteiger partial charge on any atom is 0.334 e. The first-order valence-electron chi connectivity index (χ1n) is 6.48. The molecule has 0 atom stereocenters. The van der Waals surface area contributed by atoms with Crippen LogP contribution in [-0.2, 0) is 11.8 Å². The van der Waals surface area contributed by atoms with Gasteiger partial charge in [0.1, 0.15) is 5.69 Å². The van der Waals surface area contributed by atoms with E-state index >= 15 is 0 Å². The average molecular weight is 283 g/mol. The summed E-state index contributed by atoms with van der Waals surface area (Å²) in [5.41, 5.74) is 0.337. The molecule has 0 bridgehead atoms. The van der Waals surface area contributed by atoms with Crippen LogP contribution in [0.3, 0.4) is 0 Å². The zero-order chi connectivity index (χ0) is 15.4. The van der Waals surface area contributed by atoms with Gasteiger partial charge in [-0.25, -0.2) is 4.68 Å². The SMILES string of the molecule is CC(C)NC(=O)CNc1c([N+](=O)[O-])c(C(C)C)nn1C. The molecule has 112 valence electrons. The Bertz CT molecular complexity index is 507. The molecule has 0 saturated carbocycles. The highest BCUT2D eigenvalue weighted by Crippen LogP contribution is 2.32. The topological polar surface area (TPSA) is 102 Å². The van der Waals surface area contributed by atoms with Crippen LogP contribution in [0.5, 0.6) is 0 Å². The van der Waals surface area contributed by atoms with Gasteiger partial charge in [-0.1, -0.05) is 13.8 Å². The van der Waals surface area contributed by atoms with Gasteiger partial charge >= 0.3 is 5.69 Å². The Balaban J connectivity index is 2.95. The molecule has 0 spiro atoms. The molecule has 2 N–H and O–H groups in total. The number of aromatic nitrogens is 2. The molecule has 0 radical (unpaired) electrons. The molecule has 1 aromatic heterocycles. The van der Waals surface area contributed by atoms with E-state index in [-0.39, 0.29) is 35.9 Å². The third kappa shape index (κ3) is 3.69. The number of nitrogens with one attached hydrogen (secondary N) is 2. The quantitative estimate of drug-likeness (QED) is 0.606. The van der Waals surface area contributed by atoms with Crippen LogP contribution in [0.2, 0.25) is 0 Å². The van der Waals surface area contributed by atoms with Crippen molar-refractivity contribution in [3.8, 4) is 0 Å². The van der Waals surface area contributed by atoms with Gasteiger partial charge in [-0.2, -0.15) is 5.10 Å². The number of hydrogen-bond donors (Lipinski definition) is 2. The van der Waals surface area contributed by atoms with Crippen molar-refractivity contribution in [2.45, 2.75) is 39.7 Å². The largest absolute Gasteiger partial charge is 0.355 e. The van der Waals surface area contributed by atoms with Gasteiger partial charge in [0, 0.05) is 19.0 Å². The molecule has 0 unspecified atom stereocenters. The van der Waals surface area contributed by atoms with E-state index in [1.807, 2.05) is 27.7 Å². The van der Waals surface area contributed by atoms with Crippen molar-refractivity contribution in [1.29, 1.82) is 0 Å². The second kappa shape index (κ2) is 6.36. The zero-order valence-corrected chi connectivity index (χ0v) is 12.4. The van der Waals surface area contributed by atoms with Gasteiger partial charge in [0.15, 0.2) is 0 Å². The molecule has 0 fully saturated rings. The van der Waals surface area contributed by atoms with Crippen molar-refractivity contribution in [2.24, 2.45) is 7.05 Å². The molecule has 0 aliphatic carbocycles. The molecular formula is C12H21N5O3. The third-order valence-electron chi connectivity index (χ3n) is 2.64. The normalized spacial score (nSPS) is 10.9. The van der Waals surface area contributed by atoms with E-state index < -0.39 is 4.92 Å². The van der Waals surface area contributed by atoms with Crippen LogP contribution in [0.4, 0.5) is 11.5 Å². The summed E-state index contributed by atoms with van der Waals surface area (Å²) < 4.78 is 1.40. The number of carbonyl (C=O) groups is 1. The number of nitrogens with zero attached hydrogens (tertiary/aromatic N) is 3. The summed E-state index contributed by atoms with van der Waals surface area (Å²) in [6, 6.07) is 0.0250. The van der Waals surface area contributed by atoms with E-state index in [0.717, 1.165) is 0 Å². The summed E-state index contributed by atoms with van der Waals surface area (Å²) >= 11 is 0. The number of carbonyl (C=O) groups excluding carboxylic acids is 1. The first-order valence-corrected chi connectivity index (χ1v) is 6.48. The summed E-state index contributed by atoms with van der Waals surface area (Å²) in [6.07, 6.45) is 0. The Morgan fingerprint density at radius 3 is 2.45 bits per heavy atom. The van der Waals surface area contributed by atoms with E-state index in [2.05, 4.69) is 15.7 Å². The highest BCUT2D eigenvalue weighted by atomic mass is 16.6. The molecule has 1 amide bonds. The molecule has 20 heavy (non-hydrogen) atoms. The van der Waals surface area contributed by atoms with Gasteiger partial charge in [-0.05, 0) is 13.8 Å². The molecule has 0 aromatic carbocycles.